The third kappa shape index (κ3) is 4.40. The van der Waals surface area contributed by atoms with Crippen LogP contribution < -0.4 is 5.32 Å². The van der Waals surface area contributed by atoms with Gasteiger partial charge in [-0.15, -0.1) is 0 Å². The molecule has 0 saturated carbocycles. The Kier molecular flexibility index (Phi) is 5.93. The number of hydrogen-bond donors (Lipinski definition) is 1. The first kappa shape index (κ1) is 21.3. The summed E-state index contributed by atoms with van der Waals surface area (Å²) in [5, 5.41) is 2.86. The summed E-state index contributed by atoms with van der Waals surface area (Å²) < 4.78 is 33.2. The molecular formula is C23H25N3O4S. The summed E-state index contributed by atoms with van der Waals surface area (Å²) in [5.74, 6) is 0.229. The maximum atomic E-state index is 13.2. The number of sulfonamides is 1. The molecule has 8 heteroatoms. The van der Waals surface area contributed by atoms with Crippen molar-refractivity contribution in [3.05, 3.63) is 66.2 Å². The van der Waals surface area contributed by atoms with Gasteiger partial charge in [-0.3, -0.25) is 4.79 Å². The lowest BCUT2D eigenvalue weighted by atomic mass is 10.1. The second-order valence-electron chi connectivity index (χ2n) is 7.84. The van der Waals surface area contributed by atoms with E-state index in [0.717, 1.165) is 24.8 Å². The molecule has 31 heavy (non-hydrogen) atoms. The van der Waals surface area contributed by atoms with E-state index in [9.17, 15) is 13.2 Å². The Morgan fingerprint density at radius 3 is 2.77 bits per heavy atom. The number of benzene rings is 2. The molecule has 1 saturated heterocycles. The largest absolute Gasteiger partial charge is 0.444 e. The molecule has 0 aliphatic carbocycles. The second-order valence-corrected chi connectivity index (χ2v) is 9.73. The van der Waals surface area contributed by atoms with Gasteiger partial charge in [0.1, 0.15) is 0 Å². The number of aromatic nitrogens is 1. The Balaban J connectivity index is 1.60. The topological polar surface area (TPSA) is 92.5 Å². The van der Waals surface area contributed by atoms with E-state index in [2.05, 4.69) is 10.3 Å². The van der Waals surface area contributed by atoms with Crippen LogP contribution in [0.3, 0.4) is 0 Å². The minimum absolute atomic E-state index is 0.0452. The zero-order valence-corrected chi connectivity index (χ0v) is 18.4. The Labute approximate surface area is 182 Å². The van der Waals surface area contributed by atoms with Gasteiger partial charge < -0.3 is 9.73 Å². The normalized spacial score (nSPS) is 17.4. The third-order valence-corrected chi connectivity index (χ3v) is 7.65. The van der Waals surface area contributed by atoms with Crippen LogP contribution in [-0.4, -0.2) is 36.2 Å². The molecule has 0 bridgehead atoms. The summed E-state index contributed by atoms with van der Waals surface area (Å²) in [4.78, 5) is 17.1. The van der Waals surface area contributed by atoms with Crippen LogP contribution in [0.25, 0.3) is 11.3 Å². The molecule has 162 valence electrons. The Morgan fingerprint density at radius 2 is 2.03 bits per heavy atom. The summed E-state index contributed by atoms with van der Waals surface area (Å²) in [6.07, 6.45) is 5.67. The molecule has 1 aliphatic rings. The van der Waals surface area contributed by atoms with Gasteiger partial charge in [0.05, 0.1) is 11.1 Å². The quantitative estimate of drug-likeness (QED) is 0.633. The van der Waals surface area contributed by atoms with Crippen molar-refractivity contribution in [3.8, 4) is 11.3 Å². The van der Waals surface area contributed by atoms with Crippen molar-refractivity contribution in [1.82, 2.24) is 9.29 Å². The highest BCUT2D eigenvalue weighted by atomic mass is 32.2. The fourth-order valence-electron chi connectivity index (χ4n) is 3.88. The lowest BCUT2D eigenvalue weighted by molar-refractivity contribution is 0.102. The van der Waals surface area contributed by atoms with E-state index in [4.69, 9.17) is 4.42 Å². The maximum Gasteiger partial charge on any atom is 0.255 e. The number of hydrogen-bond acceptors (Lipinski definition) is 5. The predicted octanol–water partition coefficient (Wildman–Crippen LogP) is 4.47. The molecule has 1 N–H and O–H groups in total. The smallest absolute Gasteiger partial charge is 0.255 e. The number of anilines is 1. The lowest BCUT2D eigenvalue weighted by Gasteiger charge is -2.32. The lowest BCUT2D eigenvalue weighted by Crippen LogP contribution is -2.42. The molecule has 1 aromatic heterocycles. The molecule has 2 heterocycles. The van der Waals surface area contributed by atoms with E-state index in [1.54, 1.807) is 47.8 Å². The van der Waals surface area contributed by atoms with Crippen LogP contribution in [0.5, 0.6) is 0 Å². The Morgan fingerprint density at radius 1 is 1.19 bits per heavy atom. The second kappa shape index (κ2) is 8.64. The molecule has 3 aromatic rings. The molecule has 1 unspecified atom stereocenters. The van der Waals surface area contributed by atoms with E-state index in [1.165, 1.54) is 12.5 Å². The monoisotopic (exact) mass is 439 g/mol. The van der Waals surface area contributed by atoms with Crippen molar-refractivity contribution < 1.29 is 17.6 Å². The van der Waals surface area contributed by atoms with Gasteiger partial charge in [-0.1, -0.05) is 24.6 Å². The van der Waals surface area contributed by atoms with Crippen molar-refractivity contribution >= 4 is 21.6 Å². The number of carbonyl (C=O) groups excluding carboxylic acids is 1. The number of aryl methyl sites for hydroxylation is 1. The highest BCUT2D eigenvalue weighted by molar-refractivity contribution is 7.89. The van der Waals surface area contributed by atoms with Crippen LogP contribution in [0.1, 0.15) is 42.1 Å². The van der Waals surface area contributed by atoms with Crippen molar-refractivity contribution in [2.45, 2.75) is 44.0 Å². The van der Waals surface area contributed by atoms with Crippen LogP contribution in [-0.2, 0) is 10.0 Å². The van der Waals surface area contributed by atoms with Gasteiger partial charge in [0.25, 0.3) is 5.91 Å². The number of carbonyl (C=O) groups is 1. The van der Waals surface area contributed by atoms with E-state index in [0.29, 0.717) is 29.1 Å². The van der Waals surface area contributed by atoms with Crippen molar-refractivity contribution in [1.29, 1.82) is 0 Å². The summed E-state index contributed by atoms with van der Waals surface area (Å²) >= 11 is 0. The summed E-state index contributed by atoms with van der Waals surface area (Å²) in [7, 11) is -3.66. The van der Waals surface area contributed by atoms with Crippen molar-refractivity contribution in [2.75, 3.05) is 11.9 Å². The van der Waals surface area contributed by atoms with Crippen molar-refractivity contribution in [3.63, 3.8) is 0 Å². The first-order chi connectivity index (χ1) is 14.9. The van der Waals surface area contributed by atoms with Gasteiger partial charge in [0.2, 0.25) is 10.0 Å². The number of nitrogens with one attached hydrogen (secondary N) is 1. The number of piperidine rings is 1. The van der Waals surface area contributed by atoms with Gasteiger partial charge in [-0.25, -0.2) is 13.4 Å². The highest BCUT2D eigenvalue weighted by Crippen LogP contribution is 2.27. The molecule has 0 radical (unpaired) electrons. The standard InChI is InChI=1S/C23H25N3O4S/c1-16-9-10-20(31(28,29)26-11-4-3-6-17(26)2)13-21(16)23(27)25-19-8-5-7-18(12-19)22-14-24-15-30-22/h5,7-10,12-15,17H,3-4,6,11H2,1-2H3,(H,25,27). The molecular weight excluding hydrogens is 414 g/mol. The fraction of sp³-hybridized carbons (Fsp3) is 0.304. The van der Waals surface area contributed by atoms with E-state index in [1.807, 2.05) is 13.0 Å². The van der Waals surface area contributed by atoms with E-state index < -0.39 is 10.0 Å². The van der Waals surface area contributed by atoms with E-state index >= 15 is 0 Å². The minimum Gasteiger partial charge on any atom is -0.444 e. The van der Waals surface area contributed by atoms with Crippen LogP contribution in [0, 0.1) is 6.92 Å². The van der Waals surface area contributed by atoms with Gasteiger partial charge in [-0.2, -0.15) is 4.31 Å². The van der Waals surface area contributed by atoms with Gasteiger partial charge >= 0.3 is 0 Å². The fourth-order valence-corrected chi connectivity index (χ4v) is 5.60. The predicted molar refractivity (Wildman–Crippen MR) is 118 cm³/mol. The number of oxazole rings is 1. The number of rotatable bonds is 5. The molecule has 0 spiro atoms. The third-order valence-electron chi connectivity index (χ3n) is 5.64. The van der Waals surface area contributed by atoms with Crippen LogP contribution in [0.2, 0.25) is 0 Å². The van der Waals surface area contributed by atoms with Crippen LogP contribution in [0.4, 0.5) is 5.69 Å². The molecule has 4 rings (SSSR count). The minimum atomic E-state index is -3.66. The molecule has 1 amide bonds. The summed E-state index contributed by atoms with van der Waals surface area (Å²) in [6.45, 7) is 4.23. The van der Waals surface area contributed by atoms with Crippen molar-refractivity contribution in [2.24, 2.45) is 0 Å². The van der Waals surface area contributed by atoms with Gasteiger partial charge in [0, 0.05) is 29.4 Å². The van der Waals surface area contributed by atoms with Crippen LogP contribution >= 0.6 is 0 Å². The molecule has 7 nitrogen and oxygen atoms in total. The highest BCUT2D eigenvalue weighted by Gasteiger charge is 2.31. The maximum absolute atomic E-state index is 13.2. The van der Waals surface area contributed by atoms with Crippen LogP contribution in [0.15, 0.2) is 64.4 Å². The molecule has 1 atom stereocenters. The SMILES string of the molecule is Cc1ccc(S(=O)(=O)N2CCCCC2C)cc1C(=O)Nc1cccc(-c2cnco2)c1. The summed E-state index contributed by atoms with van der Waals surface area (Å²) in [6, 6.07) is 11.9. The zero-order valence-electron chi connectivity index (χ0n) is 17.5. The Hall–Kier alpha value is -2.97. The average Bonchev–Trinajstić information content (AvgIpc) is 3.29. The number of amides is 1. The first-order valence-electron chi connectivity index (χ1n) is 10.3. The average molecular weight is 440 g/mol. The summed E-state index contributed by atoms with van der Waals surface area (Å²) in [5.41, 5.74) is 2.39. The molecule has 1 fully saturated rings. The first-order valence-corrected chi connectivity index (χ1v) is 11.7. The zero-order chi connectivity index (χ0) is 22.0. The number of nitrogens with zero attached hydrogens (tertiary/aromatic N) is 2. The van der Waals surface area contributed by atoms with Gasteiger partial charge in [-0.05, 0) is 56.5 Å². The molecule has 1 aliphatic heterocycles. The van der Waals surface area contributed by atoms with E-state index in [-0.39, 0.29) is 16.8 Å². The van der Waals surface area contributed by atoms with Gasteiger partial charge in [0.15, 0.2) is 12.2 Å². The molecule has 2 aromatic carbocycles. The Bertz CT molecular complexity index is 1190.